The molecule has 4 aromatic carbocycles. The zero-order valence-electron chi connectivity index (χ0n) is 21.9. The SMILES string of the molecule is C1=CC(c2cc3ccccc3cc2-c2nc(-c3ccccc3)nc(-c3ccccc3)n2)CC=C1c1ccccn1. The Morgan fingerprint density at radius 2 is 1.18 bits per heavy atom. The van der Waals surface area contributed by atoms with Gasteiger partial charge in [0.1, 0.15) is 0 Å². The van der Waals surface area contributed by atoms with Gasteiger partial charge in [-0.2, -0.15) is 0 Å². The highest BCUT2D eigenvalue weighted by atomic mass is 15.0. The standard InChI is InChI=1S/C36H26N4/c1-3-11-27(12-4-1)34-38-35(28-13-5-2-6-14-28)40-36(39-34)32-24-30-16-8-7-15-29(30)23-31(32)25-18-20-26(21-19-25)33-17-9-10-22-37-33/h1-18,20-25H,19H2. The van der Waals surface area contributed by atoms with E-state index in [1.54, 1.807) is 0 Å². The normalized spacial score (nSPS) is 14.7. The molecule has 0 saturated heterocycles. The van der Waals surface area contributed by atoms with Crippen LogP contribution in [0.3, 0.4) is 0 Å². The maximum atomic E-state index is 5.05. The van der Waals surface area contributed by atoms with Crippen LogP contribution < -0.4 is 0 Å². The van der Waals surface area contributed by atoms with Crippen molar-refractivity contribution in [1.29, 1.82) is 0 Å². The Kier molecular flexibility index (Phi) is 6.27. The largest absolute Gasteiger partial charge is 0.256 e. The first-order valence-electron chi connectivity index (χ1n) is 13.5. The van der Waals surface area contributed by atoms with Gasteiger partial charge in [-0.25, -0.2) is 15.0 Å². The van der Waals surface area contributed by atoms with Crippen LogP contribution in [0, 0.1) is 0 Å². The van der Waals surface area contributed by atoms with Crippen LogP contribution in [0.5, 0.6) is 0 Å². The van der Waals surface area contributed by atoms with E-state index in [9.17, 15) is 0 Å². The summed E-state index contributed by atoms with van der Waals surface area (Å²) in [6.45, 7) is 0. The average Bonchev–Trinajstić information content (AvgIpc) is 3.05. The fraction of sp³-hybridized carbons (Fsp3) is 0.0556. The molecule has 0 N–H and O–H groups in total. The minimum atomic E-state index is 0.184. The van der Waals surface area contributed by atoms with E-state index in [2.05, 4.69) is 65.7 Å². The second kappa shape index (κ2) is 10.5. The molecule has 7 rings (SSSR count). The van der Waals surface area contributed by atoms with E-state index < -0.39 is 0 Å². The Hall–Kier alpha value is -5.22. The van der Waals surface area contributed by atoms with E-state index in [4.69, 9.17) is 15.0 Å². The molecular formula is C36H26N4. The Labute approximate surface area is 233 Å². The van der Waals surface area contributed by atoms with Gasteiger partial charge in [-0.3, -0.25) is 4.98 Å². The summed E-state index contributed by atoms with van der Waals surface area (Å²) in [5.41, 5.74) is 6.30. The highest BCUT2D eigenvalue weighted by Crippen LogP contribution is 2.38. The van der Waals surface area contributed by atoms with Crippen molar-refractivity contribution in [2.45, 2.75) is 12.3 Å². The number of allylic oxidation sites excluding steroid dienone is 4. The lowest BCUT2D eigenvalue weighted by Crippen LogP contribution is -2.05. The maximum Gasteiger partial charge on any atom is 0.164 e. The first kappa shape index (κ1) is 23.9. The minimum Gasteiger partial charge on any atom is -0.256 e. The monoisotopic (exact) mass is 514 g/mol. The van der Waals surface area contributed by atoms with Gasteiger partial charge in [-0.1, -0.05) is 109 Å². The number of fused-ring (bicyclic) bond motifs is 1. The third kappa shape index (κ3) is 4.72. The molecular weight excluding hydrogens is 488 g/mol. The number of benzene rings is 4. The van der Waals surface area contributed by atoms with Crippen molar-refractivity contribution in [1.82, 2.24) is 19.9 Å². The van der Waals surface area contributed by atoms with E-state index in [1.165, 1.54) is 10.9 Å². The molecule has 0 spiro atoms. The summed E-state index contributed by atoms with van der Waals surface area (Å²) in [5, 5.41) is 2.36. The van der Waals surface area contributed by atoms with Gasteiger partial charge in [0.2, 0.25) is 0 Å². The highest BCUT2D eigenvalue weighted by molar-refractivity contribution is 5.89. The van der Waals surface area contributed by atoms with Crippen LogP contribution in [0.25, 0.3) is 50.5 Å². The van der Waals surface area contributed by atoms with E-state index in [1.807, 2.05) is 79.0 Å². The number of rotatable bonds is 5. The number of nitrogens with zero attached hydrogens (tertiary/aromatic N) is 4. The molecule has 0 amide bonds. The summed E-state index contributed by atoms with van der Waals surface area (Å²) in [6, 6.07) is 39.3. The Morgan fingerprint density at radius 1 is 0.575 bits per heavy atom. The molecule has 2 heterocycles. The van der Waals surface area contributed by atoms with E-state index in [-0.39, 0.29) is 5.92 Å². The van der Waals surface area contributed by atoms with Crippen molar-refractivity contribution in [2.24, 2.45) is 0 Å². The van der Waals surface area contributed by atoms with Crippen LogP contribution >= 0.6 is 0 Å². The smallest absolute Gasteiger partial charge is 0.164 e. The molecule has 1 aliphatic rings. The Morgan fingerprint density at radius 3 is 1.77 bits per heavy atom. The molecule has 6 aromatic rings. The lowest BCUT2D eigenvalue weighted by Gasteiger charge is -2.21. The zero-order chi connectivity index (χ0) is 26.7. The van der Waals surface area contributed by atoms with Crippen molar-refractivity contribution in [3.63, 3.8) is 0 Å². The van der Waals surface area contributed by atoms with Gasteiger partial charge in [-0.05, 0) is 52.6 Å². The second-order valence-electron chi connectivity index (χ2n) is 9.90. The second-order valence-corrected chi connectivity index (χ2v) is 9.90. The van der Waals surface area contributed by atoms with Crippen LogP contribution in [-0.4, -0.2) is 19.9 Å². The summed E-state index contributed by atoms with van der Waals surface area (Å²) in [7, 11) is 0. The number of pyridine rings is 1. The minimum absolute atomic E-state index is 0.184. The molecule has 1 atom stereocenters. The quantitative estimate of drug-likeness (QED) is 0.231. The molecule has 40 heavy (non-hydrogen) atoms. The summed E-state index contributed by atoms with van der Waals surface area (Å²) < 4.78 is 0. The van der Waals surface area contributed by atoms with E-state index in [0.717, 1.165) is 39.8 Å². The summed E-state index contributed by atoms with van der Waals surface area (Å²) in [4.78, 5) is 19.5. The first-order chi connectivity index (χ1) is 19.8. The van der Waals surface area contributed by atoms with Crippen LogP contribution in [0.15, 0.2) is 140 Å². The van der Waals surface area contributed by atoms with Crippen LogP contribution in [-0.2, 0) is 0 Å². The predicted octanol–water partition coefficient (Wildman–Crippen LogP) is 8.55. The topological polar surface area (TPSA) is 51.6 Å². The van der Waals surface area contributed by atoms with E-state index in [0.29, 0.717) is 17.5 Å². The Bertz CT molecular complexity index is 1800. The molecule has 4 nitrogen and oxygen atoms in total. The third-order valence-corrected chi connectivity index (χ3v) is 7.32. The molecule has 4 heteroatoms. The van der Waals surface area contributed by atoms with Crippen LogP contribution in [0.2, 0.25) is 0 Å². The molecule has 0 bridgehead atoms. The molecule has 1 unspecified atom stereocenters. The molecule has 0 aliphatic heterocycles. The van der Waals surface area contributed by atoms with Gasteiger partial charge >= 0.3 is 0 Å². The first-order valence-corrected chi connectivity index (χ1v) is 13.5. The fourth-order valence-electron chi connectivity index (χ4n) is 5.26. The molecule has 190 valence electrons. The van der Waals surface area contributed by atoms with Gasteiger partial charge in [0, 0.05) is 28.8 Å². The molecule has 0 radical (unpaired) electrons. The van der Waals surface area contributed by atoms with E-state index >= 15 is 0 Å². The van der Waals surface area contributed by atoms with Gasteiger partial charge in [0.25, 0.3) is 0 Å². The maximum absolute atomic E-state index is 5.05. The number of hydrogen-bond donors (Lipinski definition) is 0. The van der Waals surface area contributed by atoms with Crippen molar-refractivity contribution in [3.8, 4) is 34.2 Å². The van der Waals surface area contributed by atoms with Crippen molar-refractivity contribution in [3.05, 3.63) is 151 Å². The predicted molar refractivity (Wildman–Crippen MR) is 162 cm³/mol. The van der Waals surface area contributed by atoms with Crippen molar-refractivity contribution in [2.75, 3.05) is 0 Å². The van der Waals surface area contributed by atoms with Crippen molar-refractivity contribution >= 4 is 16.3 Å². The van der Waals surface area contributed by atoms with Gasteiger partial charge < -0.3 is 0 Å². The van der Waals surface area contributed by atoms with Gasteiger partial charge in [-0.15, -0.1) is 0 Å². The molecule has 2 aromatic heterocycles. The summed E-state index contributed by atoms with van der Waals surface area (Å²) in [6.07, 6.45) is 9.47. The Balaban J connectivity index is 1.39. The van der Waals surface area contributed by atoms with Crippen LogP contribution in [0.4, 0.5) is 0 Å². The van der Waals surface area contributed by atoms with Gasteiger partial charge in [0.15, 0.2) is 17.5 Å². The lowest BCUT2D eigenvalue weighted by atomic mass is 9.85. The average molecular weight is 515 g/mol. The summed E-state index contributed by atoms with van der Waals surface area (Å²) in [5.74, 6) is 2.20. The molecule has 1 aliphatic carbocycles. The third-order valence-electron chi connectivity index (χ3n) is 7.32. The number of hydrogen-bond acceptors (Lipinski definition) is 4. The summed E-state index contributed by atoms with van der Waals surface area (Å²) >= 11 is 0. The zero-order valence-corrected chi connectivity index (χ0v) is 21.9. The van der Waals surface area contributed by atoms with Gasteiger partial charge in [0.05, 0.1) is 5.69 Å². The number of aromatic nitrogens is 4. The van der Waals surface area contributed by atoms with Crippen molar-refractivity contribution < 1.29 is 0 Å². The highest BCUT2D eigenvalue weighted by Gasteiger charge is 2.21. The molecule has 0 saturated carbocycles. The lowest BCUT2D eigenvalue weighted by molar-refractivity contribution is 0.856. The molecule has 0 fully saturated rings. The fourth-order valence-corrected chi connectivity index (χ4v) is 5.26. The van der Waals surface area contributed by atoms with Crippen LogP contribution in [0.1, 0.15) is 23.6 Å².